The van der Waals surface area contributed by atoms with Crippen molar-refractivity contribution in [1.29, 1.82) is 0 Å². The van der Waals surface area contributed by atoms with E-state index >= 15 is 0 Å². The number of guanidine groups is 1. The second-order valence-corrected chi connectivity index (χ2v) is 6.34. The zero-order valence-corrected chi connectivity index (χ0v) is 16.5. The number of hydrogen-bond acceptors (Lipinski definition) is 2. The smallest absolute Gasteiger partial charge is 0.188 e. The highest BCUT2D eigenvalue weighted by molar-refractivity contribution is 14.0. The molecule has 0 bridgehead atoms. The van der Waals surface area contributed by atoms with E-state index in [-0.39, 0.29) is 30.0 Å². The maximum Gasteiger partial charge on any atom is 0.188 e. The van der Waals surface area contributed by atoms with Crippen LogP contribution in [0.25, 0.3) is 0 Å². The highest BCUT2D eigenvalue weighted by Crippen LogP contribution is 2.49. The van der Waals surface area contributed by atoms with Gasteiger partial charge in [0, 0.05) is 29.7 Å². The van der Waals surface area contributed by atoms with E-state index < -0.39 is 0 Å². The summed E-state index contributed by atoms with van der Waals surface area (Å²) in [6.07, 6.45) is 1.09. The van der Waals surface area contributed by atoms with Crippen LogP contribution in [0.15, 0.2) is 23.2 Å². The van der Waals surface area contributed by atoms with Crippen molar-refractivity contribution >= 4 is 53.1 Å². The minimum Gasteiger partial charge on any atom is -0.383 e. The molecule has 7 heteroatoms. The molecule has 0 aliphatic heterocycles. The van der Waals surface area contributed by atoms with Gasteiger partial charge in [-0.2, -0.15) is 0 Å². The molecule has 4 nitrogen and oxygen atoms in total. The zero-order valence-electron chi connectivity index (χ0n) is 12.7. The molecule has 22 heavy (non-hydrogen) atoms. The van der Waals surface area contributed by atoms with Gasteiger partial charge in [0.25, 0.3) is 0 Å². The monoisotopic (exact) mass is 457 g/mol. The molecule has 2 rings (SSSR count). The lowest BCUT2D eigenvalue weighted by Gasteiger charge is -2.13. The van der Waals surface area contributed by atoms with Crippen LogP contribution in [-0.4, -0.2) is 32.3 Å². The molecule has 1 fully saturated rings. The summed E-state index contributed by atoms with van der Waals surface area (Å²) in [5.74, 6) is 1.43. The average molecular weight is 458 g/mol. The van der Waals surface area contributed by atoms with Gasteiger partial charge in [0.05, 0.1) is 6.61 Å². The Morgan fingerprint density at radius 1 is 1.50 bits per heavy atom. The van der Waals surface area contributed by atoms with Gasteiger partial charge < -0.3 is 15.8 Å². The fourth-order valence-electron chi connectivity index (χ4n) is 2.44. The van der Waals surface area contributed by atoms with Crippen LogP contribution >= 0.6 is 47.2 Å². The molecule has 3 N–H and O–H groups in total. The van der Waals surface area contributed by atoms with Crippen LogP contribution in [0.2, 0.25) is 10.0 Å². The molecule has 1 aliphatic carbocycles. The summed E-state index contributed by atoms with van der Waals surface area (Å²) >= 11 is 12.1. The molecule has 1 saturated carbocycles. The van der Waals surface area contributed by atoms with E-state index in [1.807, 2.05) is 19.1 Å². The molecule has 0 amide bonds. The summed E-state index contributed by atoms with van der Waals surface area (Å²) in [7, 11) is 1.66. The summed E-state index contributed by atoms with van der Waals surface area (Å²) in [5.41, 5.74) is 7.01. The van der Waals surface area contributed by atoms with Crippen LogP contribution in [0.1, 0.15) is 24.8 Å². The topological polar surface area (TPSA) is 59.6 Å². The molecule has 1 aromatic carbocycles. The molecule has 3 atom stereocenters. The second-order valence-electron chi connectivity index (χ2n) is 5.49. The van der Waals surface area contributed by atoms with E-state index in [9.17, 15) is 0 Å². The molecule has 0 radical (unpaired) electrons. The third-order valence-corrected chi connectivity index (χ3v) is 4.15. The largest absolute Gasteiger partial charge is 0.383 e. The number of ether oxygens (including phenoxy) is 1. The van der Waals surface area contributed by atoms with E-state index in [4.69, 9.17) is 33.7 Å². The Kier molecular flexibility index (Phi) is 8.24. The van der Waals surface area contributed by atoms with Crippen molar-refractivity contribution in [1.82, 2.24) is 5.32 Å². The SMILES string of the molecule is COCC(C)NC(N)=NCC1CC1c1ccc(Cl)cc1Cl.I. The fourth-order valence-corrected chi connectivity index (χ4v) is 2.99. The van der Waals surface area contributed by atoms with Gasteiger partial charge in [-0.3, -0.25) is 4.99 Å². The van der Waals surface area contributed by atoms with Crippen molar-refractivity contribution < 1.29 is 4.74 Å². The van der Waals surface area contributed by atoms with Crippen LogP contribution < -0.4 is 11.1 Å². The van der Waals surface area contributed by atoms with Crippen molar-refractivity contribution in [3.8, 4) is 0 Å². The summed E-state index contributed by atoms with van der Waals surface area (Å²) in [5, 5.41) is 4.50. The highest BCUT2D eigenvalue weighted by atomic mass is 127. The van der Waals surface area contributed by atoms with Crippen molar-refractivity contribution in [2.45, 2.75) is 25.3 Å². The van der Waals surface area contributed by atoms with Crippen molar-refractivity contribution in [2.75, 3.05) is 20.3 Å². The first-order chi connectivity index (χ1) is 10.0. The minimum absolute atomic E-state index is 0. The second kappa shape index (κ2) is 9.15. The Morgan fingerprint density at radius 3 is 2.86 bits per heavy atom. The van der Waals surface area contributed by atoms with E-state index in [0.717, 1.165) is 17.0 Å². The van der Waals surface area contributed by atoms with E-state index in [1.165, 1.54) is 0 Å². The number of benzene rings is 1. The van der Waals surface area contributed by atoms with Gasteiger partial charge in [-0.05, 0) is 42.9 Å². The van der Waals surface area contributed by atoms with Gasteiger partial charge in [-0.15, -0.1) is 24.0 Å². The fraction of sp³-hybridized carbons (Fsp3) is 0.533. The normalized spacial score (nSPS) is 21.9. The number of methoxy groups -OCH3 is 1. The van der Waals surface area contributed by atoms with Crippen molar-refractivity contribution in [3.05, 3.63) is 33.8 Å². The van der Waals surface area contributed by atoms with Crippen LogP contribution in [0.3, 0.4) is 0 Å². The molecule has 1 aromatic rings. The summed E-state index contributed by atoms with van der Waals surface area (Å²) in [6.45, 7) is 3.31. The lowest BCUT2D eigenvalue weighted by atomic mass is 10.1. The molecule has 124 valence electrons. The lowest BCUT2D eigenvalue weighted by Crippen LogP contribution is -2.40. The first-order valence-corrected chi connectivity index (χ1v) is 7.77. The van der Waals surface area contributed by atoms with Crippen LogP contribution in [0.5, 0.6) is 0 Å². The molecule has 0 saturated heterocycles. The number of rotatable bonds is 6. The summed E-state index contributed by atoms with van der Waals surface area (Å²) < 4.78 is 5.04. The molecule has 1 aliphatic rings. The lowest BCUT2D eigenvalue weighted by molar-refractivity contribution is 0.179. The standard InChI is InChI=1S/C15H21Cl2N3O.HI/c1-9(8-21-2)20-15(18)19-7-10-5-13(10)12-4-3-11(16)6-14(12)17;/h3-4,6,9-10,13H,5,7-8H2,1-2H3,(H3,18,19,20);1H. The third-order valence-electron chi connectivity index (χ3n) is 3.59. The minimum atomic E-state index is 0. The van der Waals surface area contributed by atoms with Crippen LogP contribution in [-0.2, 0) is 4.74 Å². The van der Waals surface area contributed by atoms with Gasteiger partial charge in [0.1, 0.15) is 0 Å². The molecular weight excluding hydrogens is 436 g/mol. The van der Waals surface area contributed by atoms with Gasteiger partial charge in [0.15, 0.2) is 5.96 Å². The Hall–Kier alpha value is -0.240. The van der Waals surface area contributed by atoms with Gasteiger partial charge in [-0.25, -0.2) is 0 Å². The number of nitrogens with two attached hydrogens (primary N) is 1. The molecule has 0 spiro atoms. The quantitative estimate of drug-likeness (QED) is 0.389. The van der Waals surface area contributed by atoms with Crippen LogP contribution in [0, 0.1) is 5.92 Å². The van der Waals surface area contributed by atoms with Gasteiger partial charge >= 0.3 is 0 Å². The number of nitrogens with one attached hydrogen (secondary N) is 1. The molecular formula is C15H22Cl2IN3O. The molecule has 0 aromatic heterocycles. The highest BCUT2D eigenvalue weighted by Gasteiger charge is 2.39. The average Bonchev–Trinajstić information content (AvgIpc) is 3.16. The first-order valence-electron chi connectivity index (χ1n) is 7.01. The van der Waals surface area contributed by atoms with E-state index in [2.05, 4.69) is 10.3 Å². The van der Waals surface area contributed by atoms with E-state index in [0.29, 0.717) is 36.0 Å². The maximum atomic E-state index is 6.22. The first kappa shape index (κ1) is 19.8. The van der Waals surface area contributed by atoms with Crippen molar-refractivity contribution in [3.63, 3.8) is 0 Å². The predicted molar refractivity (Wildman–Crippen MR) is 104 cm³/mol. The Labute approximate surface area is 158 Å². The molecule has 0 heterocycles. The van der Waals surface area contributed by atoms with Gasteiger partial charge in [0.2, 0.25) is 0 Å². The third kappa shape index (κ3) is 5.76. The molecule has 3 unspecified atom stereocenters. The number of nitrogens with zero attached hydrogens (tertiary/aromatic N) is 1. The van der Waals surface area contributed by atoms with E-state index in [1.54, 1.807) is 13.2 Å². The van der Waals surface area contributed by atoms with Gasteiger partial charge in [-0.1, -0.05) is 29.3 Å². The number of aliphatic imine (C=N–C) groups is 1. The Balaban J connectivity index is 0.00000242. The maximum absolute atomic E-state index is 6.22. The predicted octanol–water partition coefficient (Wildman–Crippen LogP) is 3.65. The Bertz CT molecular complexity index is 528. The van der Waals surface area contributed by atoms with Crippen LogP contribution in [0.4, 0.5) is 0 Å². The number of halogens is 3. The zero-order chi connectivity index (χ0) is 15.4. The summed E-state index contributed by atoms with van der Waals surface area (Å²) in [4.78, 5) is 4.39. The number of hydrogen-bond donors (Lipinski definition) is 2. The summed E-state index contributed by atoms with van der Waals surface area (Å²) in [6, 6.07) is 5.82. The Morgan fingerprint density at radius 2 is 2.23 bits per heavy atom. The van der Waals surface area contributed by atoms with Crippen molar-refractivity contribution in [2.24, 2.45) is 16.6 Å².